The molecule has 1 aliphatic rings. The van der Waals surface area contributed by atoms with Crippen molar-refractivity contribution in [3.63, 3.8) is 0 Å². The van der Waals surface area contributed by atoms with Crippen molar-refractivity contribution in [2.75, 3.05) is 6.61 Å². The van der Waals surface area contributed by atoms with Gasteiger partial charge in [-0.2, -0.15) is 0 Å². The SMILES string of the molecule is O[C@H](c1cccc(Br)c1)C1CO1. The zero-order valence-corrected chi connectivity index (χ0v) is 7.99. The third-order valence-electron chi connectivity index (χ3n) is 1.90. The number of hydrogen-bond acceptors (Lipinski definition) is 2. The van der Waals surface area contributed by atoms with Crippen molar-refractivity contribution in [3.8, 4) is 0 Å². The molecule has 0 radical (unpaired) electrons. The molecule has 2 rings (SSSR count). The molecule has 1 aromatic carbocycles. The van der Waals surface area contributed by atoms with Crippen LogP contribution in [0.5, 0.6) is 0 Å². The van der Waals surface area contributed by atoms with E-state index < -0.39 is 6.10 Å². The Balaban J connectivity index is 2.20. The summed E-state index contributed by atoms with van der Waals surface area (Å²) in [6.07, 6.45) is -0.457. The van der Waals surface area contributed by atoms with Crippen molar-refractivity contribution >= 4 is 15.9 Å². The number of halogens is 1. The number of hydrogen-bond donors (Lipinski definition) is 1. The molecule has 3 heteroatoms. The van der Waals surface area contributed by atoms with E-state index >= 15 is 0 Å². The molecule has 0 aromatic heterocycles. The Labute approximate surface area is 79.3 Å². The van der Waals surface area contributed by atoms with Crippen molar-refractivity contribution in [3.05, 3.63) is 34.3 Å². The summed E-state index contributed by atoms with van der Waals surface area (Å²) >= 11 is 3.35. The van der Waals surface area contributed by atoms with Gasteiger partial charge in [0.15, 0.2) is 0 Å². The predicted octanol–water partition coefficient (Wildman–Crippen LogP) is 1.88. The standard InChI is InChI=1S/C9H9BrO2/c10-7-3-1-2-6(4-7)9(11)8-5-12-8/h1-4,8-9,11H,5H2/t8?,9-/m1/s1. The molecule has 2 nitrogen and oxygen atoms in total. The molecule has 0 amide bonds. The normalized spacial score (nSPS) is 23.7. The summed E-state index contributed by atoms with van der Waals surface area (Å²) in [4.78, 5) is 0. The molecule has 1 unspecified atom stereocenters. The minimum Gasteiger partial charge on any atom is -0.386 e. The first-order chi connectivity index (χ1) is 5.77. The quantitative estimate of drug-likeness (QED) is 0.785. The minimum absolute atomic E-state index is 0.0132. The van der Waals surface area contributed by atoms with Crippen LogP contribution in [0.1, 0.15) is 11.7 Å². The first-order valence-corrected chi connectivity index (χ1v) is 4.62. The molecule has 1 fully saturated rings. The molecular weight excluding hydrogens is 220 g/mol. The van der Waals surface area contributed by atoms with Gasteiger partial charge in [0.05, 0.1) is 6.61 Å². The van der Waals surface area contributed by atoms with Crippen molar-refractivity contribution in [2.45, 2.75) is 12.2 Å². The average molecular weight is 229 g/mol. The Hall–Kier alpha value is -0.380. The maximum absolute atomic E-state index is 9.64. The highest BCUT2D eigenvalue weighted by Gasteiger charge is 2.32. The second-order valence-corrected chi connectivity index (χ2v) is 3.79. The van der Waals surface area contributed by atoms with Gasteiger partial charge in [0.1, 0.15) is 12.2 Å². The number of aliphatic hydroxyl groups excluding tert-OH is 1. The van der Waals surface area contributed by atoms with Crippen LogP contribution in [0, 0.1) is 0 Å². The van der Waals surface area contributed by atoms with Crippen molar-refractivity contribution in [1.29, 1.82) is 0 Å². The van der Waals surface area contributed by atoms with Gasteiger partial charge in [0, 0.05) is 4.47 Å². The Morgan fingerprint density at radius 2 is 2.33 bits per heavy atom. The largest absolute Gasteiger partial charge is 0.386 e. The van der Waals surface area contributed by atoms with Crippen LogP contribution in [0.4, 0.5) is 0 Å². The maximum Gasteiger partial charge on any atom is 0.111 e. The molecule has 1 aromatic rings. The number of ether oxygens (including phenoxy) is 1. The molecule has 0 aliphatic carbocycles. The highest BCUT2D eigenvalue weighted by atomic mass is 79.9. The average Bonchev–Trinajstić information content (AvgIpc) is 2.85. The van der Waals surface area contributed by atoms with Gasteiger partial charge in [-0.15, -0.1) is 0 Å². The van der Waals surface area contributed by atoms with Crippen LogP contribution >= 0.6 is 15.9 Å². The lowest BCUT2D eigenvalue weighted by Crippen LogP contribution is -2.04. The van der Waals surface area contributed by atoms with E-state index in [1.807, 2.05) is 24.3 Å². The van der Waals surface area contributed by atoms with Crippen molar-refractivity contribution in [2.24, 2.45) is 0 Å². The fraction of sp³-hybridized carbons (Fsp3) is 0.333. The lowest BCUT2D eigenvalue weighted by molar-refractivity contribution is 0.137. The molecule has 1 heterocycles. The predicted molar refractivity (Wildman–Crippen MR) is 48.8 cm³/mol. The smallest absolute Gasteiger partial charge is 0.111 e. The topological polar surface area (TPSA) is 32.8 Å². The lowest BCUT2D eigenvalue weighted by Gasteiger charge is -2.06. The van der Waals surface area contributed by atoms with Crippen LogP contribution < -0.4 is 0 Å². The fourth-order valence-corrected chi connectivity index (χ4v) is 1.56. The third-order valence-corrected chi connectivity index (χ3v) is 2.39. The van der Waals surface area contributed by atoms with Gasteiger partial charge in [-0.25, -0.2) is 0 Å². The number of epoxide rings is 1. The van der Waals surface area contributed by atoms with E-state index in [0.717, 1.165) is 10.0 Å². The molecule has 12 heavy (non-hydrogen) atoms. The molecule has 64 valence electrons. The zero-order valence-electron chi connectivity index (χ0n) is 6.40. The molecule has 0 bridgehead atoms. The summed E-state index contributed by atoms with van der Waals surface area (Å²) < 4.78 is 5.99. The van der Waals surface area contributed by atoms with Crippen LogP contribution in [0.25, 0.3) is 0 Å². The van der Waals surface area contributed by atoms with Crippen LogP contribution in [0.15, 0.2) is 28.7 Å². The Morgan fingerprint density at radius 3 is 2.92 bits per heavy atom. The monoisotopic (exact) mass is 228 g/mol. The van der Waals surface area contributed by atoms with Crippen LogP contribution in [0.2, 0.25) is 0 Å². The Bertz CT molecular complexity index is 284. The zero-order chi connectivity index (χ0) is 8.55. The van der Waals surface area contributed by atoms with E-state index in [2.05, 4.69) is 15.9 Å². The summed E-state index contributed by atoms with van der Waals surface area (Å²) in [6.45, 7) is 0.674. The molecule has 1 N–H and O–H groups in total. The number of aliphatic hydroxyl groups is 1. The first-order valence-electron chi connectivity index (χ1n) is 3.82. The maximum atomic E-state index is 9.64. The number of benzene rings is 1. The van der Waals surface area contributed by atoms with Gasteiger partial charge in [-0.05, 0) is 17.7 Å². The van der Waals surface area contributed by atoms with E-state index in [1.54, 1.807) is 0 Å². The Kier molecular flexibility index (Phi) is 2.17. The van der Waals surface area contributed by atoms with Crippen LogP contribution in [-0.4, -0.2) is 17.8 Å². The second kappa shape index (κ2) is 3.17. The van der Waals surface area contributed by atoms with Gasteiger partial charge in [-0.1, -0.05) is 28.1 Å². The van der Waals surface area contributed by atoms with Crippen molar-refractivity contribution < 1.29 is 9.84 Å². The fourth-order valence-electron chi connectivity index (χ4n) is 1.14. The van der Waals surface area contributed by atoms with E-state index in [4.69, 9.17) is 4.74 Å². The molecule has 0 saturated carbocycles. The van der Waals surface area contributed by atoms with Gasteiger partial charge in [0.25, 0.3) is 0 Å². The van der Waals surface area contributed by atoms with Crippen LogP contribution in [-0.2, 0) is 4.74 Å². The van der Waals surface area contributed by atoms with Gasteiger partial charge >= 0.3 is 0 Å². The third kappa shape index (κ3) is 1.68. The lowest BCUT2D eigenvalue weighted by atomic mass is 10.1. The summed E-state index contributed by atoms with van der Waals surface area (Å²) in [6, 6.07) is 7.65. The van der Waals surface area contributed by atoms with Gasteiger partial charge in [-0.3, -0.25) is 0 Å². The highest BCUT2D eigenvalue weighted by Crippen LogP contribution is 2.28. The Morgan fingerprint density at radius 1 is 1.58 bits per heavy atom. The van der Waals surface area contributed by atoms with E-state index in [0.29, 0.717) is 6.61 Å². The summed E-state index contributed by atoms with van der Waals surface area (Å²) in [5.41, 5.74) is 0.909. The molecule has 2 atom stereocenters. The highest BCUT2D eigenvalue weighted by molar-refractivity contribution is 9.10. The van der Waals surface area contributed by atoms with E-state index in [-0.39, 0.29) is 6.10 Å². The first kappa shape index (κ1) is 8.23. The molecule has 0 spiro atoms. The summed E-state index contributed by atoms with van der Waals surface area (Å²) in [5, 5.41) is 9.64. The molecular formula is C9H9BrO2. The number of rotatable bonds is 2. The van der Waals surface area contributed by atoms with Gasteiger partial charge in [0.2, 0.25) is 0 Å². The van der Waals surface area contributed by atoms with E-state index in [9.17, 15) is 5.11 Å². The van der Waals surface area contributed by atoms with E-state index in [1.165, 1.54) is 0 Å². The molecule has 1 saturated heterocycles. The summed E-state index contributed by atoms with van der Waals surface area (Å²) in [5.74, 6) is 0. The molecule has 1 aliphatic heterocycles. The minimum atomic E-state index is -0.470. The van der Waals surface area contributed by atoms with Crippen molar-refractivity contribution in [1.82, 2.24) is 0 Å². The second-order valence-electron chi connectivity index (χ2n) is 2.87. The van der Waals surface area contributed by atoms with Crippen LogP contribution in [0.3, 0.4) is 0 Å². The van der Waals surface area contributed by atoms with Gasteiger partial charge < -0.3 is 9.84 Å². The summed E-state index contributed by atoms with van der Waals surface area (Å²) in [7, 11) is 0.